The van der Waals surface area contributed by atoms with Crippen LogP contribution in [0.5, 0.6) is 11.5 Å². The van der Waals surface area contributed by atoms with Crippen LogP contribution in [0.25, 0.3) is 0 Å². The van der Waals surface area contributed by atoms with E-state index in [2.05, 4.69) is 22.5 Å². The van der Waals surface area contributed by atoms with E-state index in [9.17, 15) is 14.7 Å². The van der Waals surface area contributed by atoms with Gasteiger partial charge in [0.2, 0.25) is 0 Å². The summed E-state index contributed by atoms with van der Waals surface area (Å²) in [7, 11) is 1.48. The predicted octanol–water partition coefficient (Wildman–Crippen LogP) is 3.85. The maximum Gasteiger partial charge on any atom is 0.174 e. The summed E-state index contributed by atoms with van der Waals surface area (Å²) in [4.78, 5) is 25.6. The Hall–Kier alpha value is -2.14. The third kappa shape index (κ3) is 2.58. The standard InChI is InChI=1S/C20H19BrO4/c1-4-12-5-7-14-19(24)11(2)9-17(23)20(14,21)18(12)13-6-8-16(25-3)15(22)10-13/h4-6,8-10,14,18,22H,1,7H2,2-3H3. The molecule has 1 N–H and O–H groups in total. The van der Waals surface area contributed by atoms with Gasteiger partial charge in [-0.25, -0.2) is 0 Å². The summed E-state index contributed by atoms with van der Waals surface area (Å²) in [5.41, 5.74) is 2.06. The van der Waals surface area contributed by atoms with Crippen LogP contribution in [0.15, 0.2) is 54.2 Å². The van der Waals surface area contributed by atoms with E-state index in [1.54, 1.807) is 31.2 Å². The molecule has 0 amide bonds. The summed E-state index contributed by atoms with van der Waals surface area (Å²) in [6.07, 6.45) is 5.54. The minimum atomic E-state index is -1.08. The highest BCUT2D eigenvalue weighted by atomic mass is 79.9. The molecule has 0 radical (unpaired) electrons. The van der Waals surface area contributed by atoms with Crippen molar-refractivity contribution in [2.24, 2.45) is 5.92 Å². The van der Waals surface area contributed by atoms with Gasteiger partial charge >= 0.3 is 0 Å². The van der Waals surface area contributed by atoms with Crippen LogP contribution in [-0.2, 0) is 9.59 Å². The van der Waals surface area contributed by atoms with Gasteiger partial charge in [-0.05, 0) is 48.3 Å². The number of methoxy groups -OCH3 is 1. The number of allylic oxidation sites excluding steroid dienone is 5. The van der Waals surface area contributed by atoms with E-state index >= 15 is 0 Å². The Morgan fingerprint density at radius 1 is 1.40 bits per heavy atom. The molecule has 0 aliphatic heterocycles. The zero-order valence-electron chi connectivity index (χ0n) is 14.1. The van der Waals surface area contributed by atoms with Crippen LogP contribution in [0.2, 0.25) is 0 Å². The number of ether oxygens (including phenoxy) is 1. The van der Waals surface area contributed by atoms with Crippen molar-refractivity contribution in [2.75, 3.05) is 7.11 Å². The lowest BCUT2D eigenvalue weighted by Crippen LogP contribution is -2.52. The topological polar surface area (TPSA) is 63.6 Å². The first-order chi connectivity index (χ1) is 11.8. The first-order valence-electron chi connectivity index (χ1n) is 7.99. The number of fused-ring (bicyclic) bond motifs is 1. The van der Waals surface area contributed by atoms with Crippen molar-refractivity contribution in [3.63, 3.8) is 0 Å². The molecule has 130 valence electrons. The number of carbonyl (C=O) groups excluding carboxylic acids is 2. The molecular formula is C20H19BrO4. The van der Waals surface area contributed by atoms with E-state index < -0.39 is 16.2 Å². The van der Waals surface area contributed by atoms with Crippen molar-refractivity contribution >= 4 is 27.5 Å². The number of aromatic hydroxyl groups is 1. The van der Waals surface area contributed by atoms with Gasteiger partial charge in [-0.3, -0.25) is 9.59 Å². The number of carbonyl (C=O) groups is 2. The Balaban J connectivity index is 2.21. The third-order valence-corrected chi connectivity index (χ3v) is 6.45. The molecule has 0 fully saturated rings. The number of alkyl halides is 1. The summed E-state index contributed by atoms with van der Waals surface area (Å²) in [6, 6.07) is 5.03. The highest BCUT2D eigenvalue weighted by Gasteiger charge is 2.56. The number of benzene rings is 1. The molecule has 1 aromatic rings. The average molecular weight is 403 g/mol. The molecule has 2 aliphatic rings. The van der Waals surface area contributed by atoms with E-state index in [0.29, 0.717) is 17.7 Å². The van der Waals surface area contributed by atoms with Crippen LogP contribution < -0.4 is 4.74 Å². The molecule has 4 nitrogen and oxygen atoms in total. The molecular weight excluding hydrogens is 384 g/mol. The molecule has 0 saturated carbocycles. The molecule has 0 heterocycles. The van der Waals surface area contributed by atoms with Gasteiger partial charge in [-0.2, -0.15) is 0 Å². The zero-order valence-corrected chi connectivity index (χ0v) is 15.7. The number of Topliss-reactive ketones (excluding diaryl/α,β-unsaturated/α-hetero) is 1. The number of phenols is 1. The first-order valence-corrected chi connectivity index (χ1v) is 8.79. The lowest BCUT2D eigenvalue weighted by Gasteiger charge is -2.45. The van der Waals surface area contributed by atoms with Crippen LogP contribution in [0, 0.1) is 5.92 Å². The molecule has 0 bridgehead atoms. The second-order valence-corrected chi connectivity index (χ2v) is 7.70. The molecule has 2 aliphatic carbocycles. The third-order valence-electron chi connectivity index (χ3n) is 5.05. The highest BCUT2D eigenvalue weighted by Crippen LogP contribution is 2.54. The van der Waals surface area contributed by atoms with E-state index in [0.717, 1.165) is 11.1 Å². The van der Waals surface area contributed by atoms with Gasteiger partial charge in [0, 0.05) is 11.8 Å². The van der Waals surface area contributed by atoms with Gasteiger partial charge in [-0.15, -0.1) is 0 Å². The van der Waals surface area contributed by atoms with E-state index in [-0.39, 0.29) is 17.3 Å². The van der Waals surface area contributed by atoms with E-state index in [1.807, 2.05) is 6.08 Å². The lowest BCUT2D eigenvalue weighted by molar-refractivity contribution is -0.128. The van der Waals surface area contributed by atoms with Crippen molar-refractivity contribution in [3.05, 3.63) is 59.7 Å². The summed E-state index contributed by atoms with van der Waals surface area (Å²) < 4.78 is 4.02. The molecule has 3 atom stereocenters. The number of halogens is 1. The SMILES string of the molecule is C=CC1=CCC2C(=O)C(C)=CC(=O)C2(Br)C1c1ccc(OC)c(O)c1. The molecule has 25 heavy (non-hydrogen) atoms. The Labute approximate surface area is 155 Å². The van der Waals surface area contributed by atoms with Crippen molar-refractivity contribution in [3.8, 4) is 11.5 Å². The van der Waals surface area contributed by atoms with Gasteiger partial charge in [0.15, 0.2) is 23.1 Å². The highest BCUT2D eigenvalue weighted by molar-refractivity contribution is 9.10. The van der Waals surface area contributed by atoms with Crippen molar-refractivity contribution in [2.45, 2.75) is 23.6 Å². The molecule has 3 unspecified atom stereocenters. The predicted molar refractivity (Wildman–Crippen MR) is 99.2 cm³/mol. The van der Waals surface area contributed by atoms with Crippen molar-refractivity contribution in [1.29, 1.82) is 0 Å². The van der Waals surface area contributed by atoms with Gasteiger partial charge in [0.05, 0.1) is 7.11 Å². The Kier molecular flexibility index (Phi) is 4.45. The summed E-state index contributed by atoms with van der Waals surface area (Å²) in [6.45, 7) is 5.53. The number of ketones is 2. The van der Waals surface area contributed by atoms with Crippen molar-refractivity contribution in [1.82, 2.24) is 0 Å². The van der Waals surface area contributed by atoms with Crippen LogP contribution in [0.3, 0.4) is 0 Å². The van der Waals surface area contributed by atoms with Crippen LogP contribution >= 0.6 is 15.9 Å². The minimum Gasteiger partial charge on any atom is -0.504 e. The Morgan fingerprint density at radius 3 is 2.72 bits per heavy atom. The quantitative estimate of drug-likeness (QED) is 0.779. The summed E-state index contributed by atoms with van der Waals surface area (Å²) in [5.74, 6) is -0.737. The van der Waals surface area contributed by atoms with E-state index in [1.165, 1.54) is 13.2 Å². The van der Waals surface area contributed by atoms with Crippen LogP contribution in [0.1, 0.15) is 24.8 Å². The Bertz CT molecular complexity index is 836. The van der Waals surface area contributed by atoms with Gasteiger partial charge in [0.1, 0.15) is 4.32 Å². The number of hydrogen-bond donors (Lipinski definition) is 1. The van der Waals surface area contributed by atoms with Gasteiger partial charge in [-0.1, -0.05) is 40.7 Å². The second kappa shape index (κ2) is 6.30. The zero-order chi connectivity index (χ0) is 18.4. The second-order valence-electron chi connectivity index (χ2n) is 6.38. The molecule has 1 aromatic carbocycles. The molecule has 3 rings (SSSR count). The van der Waals surface area contributed by atoms with Crippen LogP contribution in [0.4, 0.5) is 0 Å². The van der Waals surface area contributed by atoms with Gasteiger partial charge in [0.25, 0.3) is 0 Å². The van der Waals surface area contributed by atoms with E-state index in [4.69, 9.17) is 4.74 Å². The average Bonchev–Trinajstić information content (AvgIpc) is 2.59. The monoisotopic (exact) mass is 402 g/mol. The normalized spacial score (nSPS) is 28.8. The Morgan fingerprint density at radius 2 is 2.12 bits per heavy atom. The largest absolute Gasteiger partial charge is 0.504 e. The molecule has 0 aromatic heterocycles. The molecule has 0 saturated heterocycles. The molecule has 5 heteroatoms. The van der Waals surface area contributed by atoms with Crippen LogP contribution in [-0.4, -0.2) is 28.1 Å². The maximum atomic E-state index is 12.9. The first kappa shape index (κ1) is 17.7. The smallest absolute Gasteiger partial charge is 0.174 e. The maximum absolute atomic E-state index is 12.9. The fourth-order valence-electron chi connectivity index (χ4n) is 3.77. The van der Waals surface area contributed by atoms with Gasteiger partial charge < -0.3 is 9.84 Å². The van der Waals surface area contributed by atoms with Crippen molar-refractivity contribution < 1.29 is 19.4 Å². The minimum absolute atomic E-state index is 0.0112. The fourth-order valence-corrected chi connectivity index (χ4v) is 4.81. The molecule has 0 spiro atoms. The number of phenolic OH excluding ortho intramolecular Hbond substituents is 1. The lowest BCUT2D eigenvalue weighted by atomic mass is 9.63. The number of rotatable bonds is 3. The number of hydrogen-bond acceptors (Lipinski definition) is 4. The summed E-state index contributed by atoms with van der Waals surface area (Å²) in [5, 5.41) is 10.2. The fraction of sp³-hybridized carbons (Fsp3) is 0.300. The summed E-state index contributed by atoms with van der Waals surface area (Å²) >= 11 is 3.63.